The molecule has 9 nitrogen and oxygen atoms in total. The van der Waals surface area contributed by atoms with E-state index in [1.54, 1.807) is 10.9 Å². The van der Waals surface area contributed by atoms with Crippen LogP contribution in [-0.2, 0) is 17.9 Å². The van der Waals surface area contributed by atoms with Crippen LogP contribution in [0.1, 0.15) is 38.8 Å². The van der Waals surface area contributed by atoms with Gasteiger partial charge in [-0.15, -0.1) is 0 Å². The summed E-state index contributed by atoms with van der Waals surface area (Å²) in [5, 5.41) is 4.19. The van der Waals surface area contributed by atoms with Gasteiger partial charge in [-0.1, -0.05) is 6.92 Å². The van der Waals surface area contributed by atoms with E-state index >= 15 is 0 Å². The van der Waals surface area contributed by atoms with Crippen molar-refractivity contribution in [2.75, 3.05) is 13.1 Å². The van der Waals surface area contributed by atoms with Crippen LogP contribution in [-0.4, -0.2) is 59.6 Å². The molecule has 1 N–H and O–H groups in total. The Morgan fingerprint density at radius 2 is 1.97 bits per heavy atom. The molecule has 0 bridgehead atoms. The van der Waals surface area contributed by atoms with Crippen LogP contribution < -0.4 is 5.56 Å². The lowest BCUT2D eigenvalue weighted by Gasteiger charge is -2.12. The van der Waals surface area contributed by atoms with E-state index < -0.39 is 18.5 Å². The predicted octanol–water partition coefficient (Wildman–Crippen LogP) is 2.60. The van der Waals surface area contributed by atoms with Crippen molar-refractivity contribution in [2.45, 2.75) is 59.5 Å². The topological polar surface area (TPSA) is 102 Å². The summed E-state index contributed by atoms with van der Waals surface area (Å²) in [6.45, 7) is 7.73. The molecule has 168 valence electrons. The Morgan fingerprint density at radius 3 is 2.55 bits per heavy atom. The van der Waals surface area contributed by atoms with Crippen LogP contribution in [0.5, 0.6) is 0 Å². The van der Waals surface area contributed by atoms with Crippen LogP contribution in [0.25, 0.3) is 22.6 Å². The molecule has 0 aliphatic carbocycles. The van der Waals surface area contributed by atoms with Gasteiger partial charge < -0.3 is 14.5 Å². The van der Waals surface area contributed by atoms with Gasteiger partial charge in [-0.3, -0.25) is 14.3 Å². The molecule has 0 radical (unpaired) electrons. The van der Waals surface area contributed by atoms with Gasteiger partial charge in [0.15, 0.2) is 11.2 Å². The number of alkyl halides is 2. The van der Waals surface area contributed by atoms with Gasteiger partial charge in [-0.05, 0) is 26.7 Å². The molecule has 0 unspecified atom stereocenters. The maximum absolute atomic E-state index is 12.9. The number of amides is 1. The maximum atomic E-state index is 12.9. The lowest BCUT2D eigenvalue weighted by Crippen LogP contribution is -2.26. The van der Waals surface area contributed by atoms with Crippen molar-refractivity contribution in [3.63, 3.8) is 0 Å². The van der Waals surface area contributed by atoms with Crippen LogP contribution in [0.4, 0.5) is 8.78 Å². The summed E-state index contributed by atoms with van der Waals surface area (Å²) in [4.78, 5) is 35.3. The zero-order chi connectivity index (χ0) is 22.5. The molecule has 1 aliphatic rings. The zero-order valence-electron chi connectivity index (χ0n) is 17.9. The second-order valence-corrected chi connectivity index (χ2v) is 7.24. The van der Waals surface area contributed by atoms with Crippen molar-refractivity contribution in [3.8, 4) is 11.4 Å². The number of carbonyl (C=O) groups is 1. The first-order valence-electron chi connectivity index (χ1n) is 10.4. The Labute approximate surface area is 178 Å². The average molecular weight is 435 g/mol. The summed E-state index contributed by atoms with van der Waals surface area (Å²) in [5.74, 6) is 0.587. The standard InChI is InChI=1S/C13H14F2N6O.C7H13NO/c1-3-21-7(2)8(4-18-21)11-19-10-12(16-6-17-13(10)22)20(11)5-9(14)15;1-2-7(9)8-5-3-4-6-8/h4,6,9H,3,5H2,1-2H3,(H,16,17,22);2-6H2,1H3. The quantitative estimate of drug-likeness (QED) is 0.664. The molecule has 0 saturated carbocycles. The molecule has 3 aromatic heterocycles. The van der Waals surface area contributed by atoms with Crippen molar-refractivity contribution in [3.05, 3.63) is 28.6 Å². The summed E-state index contributed by atoms with van der Waals surface area (Å²) in [6.07, 6.45) is 3.23. The molecule has 0 spiro atoms. The number of nitrogens with zero attached hydrogens (tertiary/aromatic N) is 6. The molecule has 0 atom stereocenters. The molecule has 1 fully saturated rings. The summed E-state index contributed by atoms with van der Waals surface area (Å²) in [6, 6.07) is 0. The number of aromatic amines is 1. The van der Waals surface area contributed by atoms with Gasteiger partial charge in [0.2, 0.25) is 5.91 Å². The van der Waals surface area contributed by atoms with Gasteiger partial charge in [0, 0.05) is 31.7 Å². The van der Waals surface area contributed by atoms with Crippen molar-refractivity contribution in [2.24, 2.45) is 0 Å². The number of aromatic nitrogens is 6. The van der Waals surface area contributed by atoms with Crippen molar-refractivity contribution in [1.29, 1.82) is 0 Å². The highest BCUT2D eigenvalue weighted by atomic mass is 19.3. The highest BCUT2D eigenvalue weighted by Crippen LogP contribution is 2.25. The first-order chi connectivity index (χ1) is 14.9. The number of hydrogen-bond acceptors (Lipinski definition) is 5. The van der Waals surface area contributed by atoms with E-state index in [-0.39, 0.29) is 17.0 Å². The second kappa shape index (κ2) is 9.80. The van der Waals surface area contributed by atoms with Gasteiger partial charge in [0.1, 0.15) is 5.82 Å². The SMILES string of the molecule is CCC(=O)N1CCCC1.CCn1ncc(-c2nc3c(=O)[nH]cnc3n2CC(F)F)c1C. The number of hydrogen-bond donors (Lipinski definition) is 1. The Balaban J connectivity index is 0.000000254. The molecule has 11 heteroatoms. The first-order valence-corrected chi connectivity index (χ1v) is 10.4. The summed E-state index contributed by atoms with van der Waals surface area (Å²) >= 11 is 0. The number of carbonyl (C=O) groups excluding carboxylic acids is 1. The fraction of sp³-hybridized carbons (Fsp3) is 0.550. The number of fused-ring (bicyclic) bond motifs is 1. The molecular weight excluding hydrogens is 408 g/mol. The monoisotopic (exact) mass is 435 g/mol. The molecular formula is C20H27F2N7O2. The van der Waals surface area contributed by atoms with E-state index in [2.05, 4.69) is 20.1 Å². The third-order valence-corrected chi connectivity index (χ3v) is 5.26. The number of rotatable bonds is 5. The molecule has 3 aromatic rings. The minimum atomic E-state index is -2.58. The van der Waals surface area contributed by atoms with E-state index in [1.165, 1.54) is 23.7 Å². The number of likely N-dealkylation sites (tertiary alicyclic amines) is 1. The Hall–Kier alpha value is -3.11. The van der Waals surface area contributed by atoms with Gasteiger partial charge in [-0.2, -0.15) is 5.10 Å². The highest BCUT2D eigenvalue weighted by Gasteiger charge is 2.21. The van der Waals surface area contributed by atoms with E-state index in [1.807, 2.05) is 25.7 Å². The summed E-state index contributed by atoms with van der Waals surface area (Å²) in [7, 11) is 0. The second-order valence-electron chi connectivity index (χ2n) is 7.24. The van der Waals surface area contributed by atoms with Crippen molar-refractivity contribution < 1.29 is 13.6 Å². The minimum absolute atomic E-state index is 0.0433. The number of nitrogens with one attached hydrogen (secondary N) is 1. The van der Waals surface area contributed by atoms with Crippen molar-refractivity contribution >= 4 is 17.1 Å². The largest absolute Gasteiger partial charge is 0.343 e. The molecule has 4 heterocycles. The molecule has 0 aromatic carbocycles. The van der Waals surface area contributed by atoms with Crippen LogP contribution >= 0.6 is 0 Å². The fourth-order valence-electron chi connectivity index (χ4n) is 3.64. The lowest BCUT2D eigenvalue weighted by molar-refractivity contribution is -0.129. The van der Waals surface area contributed by atoms with Crippen molar-refractivity contribution in [1.82, 2.24) is 34.2 Å². The van der Waals surface area contributed by atoms with Gasteiger partial charge in [-0.25, -0.2) is 18.7 Å². The minimum Gasteiger partial charge on any atom is -0.343 e. The van der Waals surface area contributed by atoms with Gasteiger partial charge >= 0.3 is 0 Å². The zero-order valence-corrected chi connectivity index (χ0v) is 17.9. The van der Waals surface area contributed by atoms with Gasteiger partial charge in [0.25, 0.3) is 12.0 Å². The number of H-pyrrole nitrogens is 1. The third kappa shape index (κ3) is 4.80. The van der Waals surface area contributed by atoms with Crippen LogP contribution in [0.3, 0.4) is 0 Å². The predicted molar refractivity (Wildman–Crippen MR) is 112 cm³/mol. The van der Waals surface area contributed by atoms with Crippen LogP contribution in [0, 0.1) is 6.92 Å². The van der Waals surface area contributed by atoms with E-state index in [4.69, 9.17) is 0 Å². The number of aryl methyl sites for hydroxylation is 1. The summed E-state index contributed by atoms with van der Waals surface area (Å²) < 4.78 is 28.8. The molecule has 1 saturated heterocycles. The molecule has 1 aliphatic heterocycles. The first kappa shape index (κ1) is 22.6. The molecule has 1 amide bonds. The lowest BCUT2D eigenvalue weighted by atomic mass is 10.2. The van der Waals surface area contributed by atoms with E-state index in [0.717, 1.165) is 18.8 Å². The molecule has 31 heavy (non-hydrogen) atoms. The molecule has 4 rings (SSSR count). The number of halogens is 2. The van der Waals surface area contributed by atoms with Crippen LogP contribution in [0.15, 0.2) is 17.3 Å². The Morgan fingerprint density at radius 1 is 1.26 bits per heavy atom. The van der Waals surface area contributed by atoms with Crippen LogP contribution in [0.2, 0.25) is 0 Å². The van der Waals surface area contributed by atoms with E-state index in [9.17, 15) is 18.4 Å². The smallest absolute Gasteiger partial charge is 0.278 e. The Bertz CT molecular complexity index is 1100. The maximum Gasteiger partial charge on any atom is 0.278 e. The highest BCUT2D eigenvalue weighted by molar-refractivity contribution is 5.77. The Kier molecular flexibility index (Phi) is 7.13. The average Bonchev–Trinajstić information content (AvgIpc) is 3.48. The normalized spacial score (nSPS) is 13.7. The van der Waals surface area contributed by atoms with Gasteiger partial charge in [0.05, 0.1) is 24.6 Å². The fourth-order valence-corrected chi connectivity index (χ4v) is 3.64. The third-order valence-electron chi connectivity index (χ3n) is 5.26. The summed E-state index contributed by atoms with van der Waals surface area (Å²) in [5.41, 5.74) is 1.13. The number of imidazole rings is 1. The van der Waals surface area contributed by atoms with E-state index in [0.29, 0.717) is 24.4 Å².